The van der Waals surface area contributed by atoms with E-state index in [1.807, 2.05) is 18.2 Å². The molecule has 2 heterocycles. The number of ether oxygens (including phenoxy) is 1. The van der Waals surface area contributed by atoms with Gasteiger partial charge in [-0.15, -0.1) is 5.10 Å². The Labute approximate surface area is 169 Å². The van der Waals surface area contributed by atoms with Crippen LogP contribution in [0, 0.1) is 6.92 Å². The number of rotatable bonds is 6. The van der Waals surface area contributed by atoms with Crippen LogP contribution in [0.2, 0.25) is 0 Å². The lowest BCUT2D eigenvalue weighted by molar-refractivity contribution is -0.138. The van der Waals surface area contributed by atoms with Crippen molar-refractivity contribution in [3.63, 3.8) is 0 Å². The molecular weight excluding hydrogens is 394 g/mol. The van der Waals surface area contributed by atoms with Crippen LogP contribution in [-0.2, 0) is 16.1 Å². The highest BCUT2D eigenvalue weighted by Crippen LogP contribution is 2.24. The lowest BCUT2D eigenvalue weighted by Gasteiger charge is -2.10. The first kappa shape index (κ1) is 19.4. The van der Waals surface area contributed by atoms with Crippen molar-refractivity contribution in [1.82, 2.24) is 29.8 Å². The molecule has 0 spiro atoms. The number of para-hydroxylation sites is 2. The summed E-state index contributed by atoms with van der Waals surface area (Å²) in [5, 5.41) is 11.1. The molecule has 0 aliphatic carbocycles. The molecule has 2 aromatic carbocycles. The van der Waals surface area contributed by atoms with E-state index in [1.54, 1.807) is 43.3 Å². The molecule has 0 atom stereocenters. The molecule has 0 saturated heterocycles. The summed E-state index contributed by atoms with van der Waals surface area (Å²) in [7, 11) is 0. The molecule has 4 rings (SSSR count). The van der Waals surface area contributed by atoms with Crippen molar-refractivity contribution in [2.45, 2.75) is 20.1 Å². The highest BCUT2D eigenvalue weighted by Gasteiger charge is 2.22. The van der Waals surface area contributed by atoms with Crippen molar-refractivity contribution >= 4 is 28.8 Å². The standard InChI is InChI=1S/C20H16F2N6O2/c1-13-24-25-26-28(13)17(11-14-7-3-2-4-8-14)19(29)30-12-18-23-15-9-5-6-10-16(15)27(18)20(21)22/h2-11,20H,12H2,1H3/b17-11-. The predicted octanol–water partition coefficient (Wildman–Crippen LogP) is 3.47. The molecular formula is C20H16F2N6O2. The number of hydrogen-bond donors (Lipinski definition) is 0. The Morgan fingerprint density at radius 2 is 1.87 bits per heavy atom. The quantitative estimate of drug-likeness (QED) is 0.357. The average Bonchev–Trinajstić information content (AvgIpc) is 3.34. The van der Waals surface area contributed by atoms with E-state index in [2.05, 4.69) is 20.5 Å². The largest absolute Gasteiger partial charge is 0.453 e. The van der Waals surface area contributed by atoms with Gasteiger partial charge < -0.3 is 4.74 Å². The molecule has 0 bridgehead atoms. The summed E-state index contributed by atoms with van der Waals surface area (Å²) in [6.45, 7) is -1.64. The molecule has 0 aliphatic heterocycles. The van der Waals surface area contributed by atoms with E-state index in [4.69, 9.17) is 4.74 Å². The Bertz CT molecular complexity index is 1220. The normalized spacial score (nSPS) is 11.9. The van der Waals surface area contributed by atoms with E-state index >= 15 is 0 Å². The van der Waals surface area contributed by atoms with Gasteiger partial charge in [0.2, 0.25) is 0 Å². The average molecular weight is 410 g/mol. The lowest BCUT2D eigenvalue weighted by Crippen LogP contribution is -2.16. The number of esters is 1. The van der Waals surface area contributed by atoms with Crippen LogP contribution < -0.4 is 0 Å². The zero-order valence-electron chi connectivity index (χ0n) is 15.8. The molecule has 0 amide bonds. The van der Waals surface area contributed by atoms with Crippen molar-refractivity contribution < 1.29 is 18.3 Å². The van der Waals surface area contributed by atoms with Crippen LogP contribution in [0.5, 0.6) is 0 Å². The summed E-state index contributed by atoms with van der Waals surface area (Å²) in [5.41, 5.74) is 1.41. The third-order valence-corrected chi connectivity index (χ3v) is 4.36. The van der Waals surface area contributed by atoms with Gasteiger partial charge in [-0.1, -0.05) is 42.5 Å². The first-order valence-electron chi connectivity index (χ1n) is 8.98. The van der Waals surface area contributed by atoms with Gasteiger partial charge in [-0.25, -0.2) is 9.78 Å². The molecule has 0 unspecified atom stereocenters. The predicted molar refractivity (Wildman–Crippen MR) is 104 cm³/mol. The number of carbonyl (C=O) groups excluding carboxylic acids is 1. The van der Waals surface area contributed by atoms with Gasteiger partial charge in [-0.3, -0.25) is 4.57 Å². The molecule has 0 aliphatic rings. The fourth-order valence-corrected chi connectivity index (χ4v) is 2.99. The van der Waals surface area contributed by atoms with Gasteiger partial charge in [0.05, 0.1) is 11.0 Å². The fourth-order valence-electron chi connectivity index (χ4n) is 2.99. The summed E-state index contributed by atoms with van der Waals surface area (Å²) < 4.78 is 34.4. The fraction of sp³-hybridized carbons (Fsp3) is 0.150. The molecule has 0 N–H and O–H groups in total. The number of fused-ring (bicyclic) bond motifs is 1. The number of imidazole rings is 1. The summed E-state index contributed by atoms with van der Waals surface area (Å²) in [4.78, 5) is 17.0. The maximum absolute atomic E-state index is 13.6. The van der Waals surface area contributed by atoms with E-state index in [0.717, 1.165) is 10.1 Å². The summed E-state index contributed by atoms with van der Waals surface area (Å²) in [5.74, 6) is -0.469. The molecule has 0 fully saturated rings. The number of benzene rings is 2. The molecule has 8 nitrogen and oxygen atoms in total. The number of aromatic nitrogens is 6. The maximum atomic E-state index is 13.6. The van der Waals surface area contributed by atoms with Crippen molar-refractivity contribution in [3.05, 3.63) is 71.8 Å². The van der Waals surface area contributed by atoms with Crippen LogP contribution in [0.3, 0.4) is 0 Å². The van der Waals surface area contributed by atoms with Gasteiger partial charge in [0.1, 0.15) is 6.61 Å². The van der Waals surface area contributed by atoms with Gasteiger partial charge in [0.25, 0.3) is 0 Å². The van der Waals surface area contributed by atoms with Crippen LogP contribution in [-0.4, -0.2) is 35.7 Å². The van der Waals surface area contributed by atoms with Gasteiger partial charge in [0.15, 0.2) is 17.3 Å². The molecule has 0 radical (unpaired) electrons. The number of halogens is 2. The van der Waals surface area contributed by atoms with E-state index in [9.17, 15) is 13.6 Å². The van der Waals surface area contributed by atoms with Gasteiger partial charge in [-0.05, 0) is 41.1 Å². The van der Waals surface area contributed by atoms with Crippen LogP contribution in [0.4, 0.5) is 8.78 Å². The Balaban J connectivity index is 1.64. The first-order valence-corrected chi connectivity index (χ1v) is 8.98. The SMILES string of the molecule is Cc1nnnn1/C(=C\c1ccccc1)C(=O)OCc1nc2ccccc2n1C(F)F. The summed E-state index contributed by atoms with van der Waals surface area (Å²) in [6, 6.07) is 15.5. The summed E-state index contributed by atoms with van der Waals surface area (Å²) in [6.07, 6.45) is 1.56. The Hall–Kier alpha value is -3.95. The van der Waals surface area contributed by atoms with Crippen molar-refractivity contribution in [3.8, 4) is 0 Å². The first-order chi connectivity index (χ1) is 14.5. The van der Waals surface area contributed by atoms with Crippen molar-refractivity contribution in [2.75, 3.05) is 0 Å². The van der Waals surface area contributed by atoms with Crippen LogP contribution >= 0.6 is 0 Å². The number of hydrogen-bond acceptors (Lipinski definition) is 6. The topological polar surface area (TPSA) is 87.7 Å². The minimum atomic E-state index is -2.83. The highest BCUT2D eigenvalue weighted by atomic mass is 19.3. The third-order valence-electron chi connectivity index (χ3n) is 4.36. The summed E-state index contributed by atoms with van der Waals surface area (Å²) >= 11 is 0. The van der Waals surface area contributed by atoms with Crippen LogP contribution in [0.15, 0.2) is 54.6 Å². The second-order valence-electron chi connectivity index (χ2n) is 6.32. The minimum absolute atomic E-state index is 0.0448. The molecule has 152 valence electrons. The second-order valence-corrected chi connectivity index (χ2v) is 6.32. The van der Waals surface area contributed by atoms with E-state index < -0.39 is 19.1 Å². The Morgan fingerprint density at radius 1 is 1.13 bits per heavy atom. The lowest BCUT2D eigenvalue weighted by atomic mass is 10.2. The molecule has 30 heavy (non-hydrogen) atoms. The number of alkyl halides is 2. The van der Waals surface area contributed by atoms with Gasteiger partial charge in [-0.2, -0.15) is 13.5 Å². The Kier molecular flexibility index (Phi) is 5.29. The molecule has 4 aromatic rings. The van der Waals surface area contributed by atoms with E-state index in [1.165, 1.54) is 10.7 Å². The van der Waals surface area contributed by atoms with Gasteiger partial charge in [0, 0.05) is 0 Å². The third kappa shape index (κ3) is 3.79. The van der Waals surface area contributed by atoms with Gasteiger partial charge >= 0.3 is 12.5 Å². The maximum Gasteiger partial charge on any atom is 0.357 e. The smallest absolute Gasteiger partial charge is 0.357 e. The van der Waals surface area contributed by atoms with E-state index in [-0.39, 0.29) is 17.0 Å². The number of tetrazole rings is 1. The minimum Gasteiger partial charge on any atom is -0.453 e. The molecule has 0 saturated carbocycles. The zero-order chi connectivity index (χ0) is 21.1. The van der Waals surface area contributed by atoms with Crippen LogP contribution in [0.25, 0.3) is 22.8 Å². The highest BCUT2D eigenvalue weighted by molar-refractivity contribution is 6.15. The van der Waals surface area contributed by atoms with Crippen molar-refractivity contribution in [1.29, 1.82) is 0 Å². The monoisotopic (exact) mass is 410 g/mol. The van der Waals surface area contributed by atoms with E-state index in [0.29, 0.717) is 11.3 Å². The number of nitrogens with zero attached hydrogens (tertiary/aromatic N) is 6. The number of carbonyl (C=O) groups is 1. The Morgan fingerprint density at radius 3 is 2.57 bits per heavy atom. The van der Waals surface area contributed by atoms with Crippen LogP contribution in [0.1, 0.15) is 23.8 Å². The number of aryl methyl sites for hydroxylation is 1. The molecule has 10 heteroatoms. The van der Waals surface area contributed by atoms with Crippen molar-refractivity contribution in [2.24, 2.45) is 0 Å². The zero-order valence-corrected chi connectivity index (χ0v) is 15.8. The molecule has 2 aromatic heterocycles. The second kappa shape index (κ2) is 8.19.